The van der Waals surface area contributed by atoms with Gasteiger partial charge in [0.2, 0.25) is 0 Å². The zero-order chi connectivity index (χ0) is 15.1. The number of nitrogens with one attached hydrogen (secondary N) is 1. The maximum Gasteiger partial charge on any atom is 0.132 e. The van der Waals surface area contributed by atoms with Crippen LogP contribution in [0.15, 0.2) is 42.5 Å². The lowest BCUT2D eigenvalue weighted by Crippen LogP contribution is -2.18. The predicted octanol–water partition coefficient (Wildman–Crippen LogP) is 4.01. The third-order valence-corrected chi connectivity index (χ3v) is 3.08. The summed E-state index contributed by atoms with van der Waals surface area (Å²) in [5, 5.41) is 3.86. The summed E-state index contributed by atoms with van der Waals surface area (Å²) in [6.45, 7) is 1.94. The van der Waals surface area contributed by atoms with Crippen LogP contribution in [-0.4, -0.2) is 20.3 Å². The number of benzene rings is 2. The second kappa shape index (κ2) is 7.98. The van der Waals surface area contributed by atoms with Crippen molar-refractivity contribution >= 4 is 11.6 Å². The molecule has 0 saturated carbocycles. The van der Waals surface area contributed by atoms with Crippen LogP contribution in [0.3, 0.4) is 0 Å². The molecule has 3 nitrogen and oxygen atoms in total. The Labute approximate surface area is 128 Å². The van der Waals surface area contributed by atoms with Gasteiger partial charge in [0, 0.05) is 36.9 Å². The standard InChI is InChI=1S/C16H17ClFNO2/c1-20-8-7-19-11-12-9-13(17)5-6-16(12)21-15-4-2-3-14(18)10-15/h2-6,9-10,19H,7-8,11H2,1H3. The summed E-state index contributed by atoms with van der Waals surface area (Å²) in [7, 11) is 1.65. The van der Waals surface area contributed by atoms with E-state index in [1.807, 2.05) is 6.07 Å². The first kappa shape index (κ1) is 15.8. The fourth-order valence-corrected chi connectivity index (χ4v) is 2.04. The van der Waals surface area contributed by atoms with Gasteiger partial charge in [-0.25, -0.2) is 4.39 Å². The van der Waals surface area contributed by atoms with Crippen LogP contribution in [0, 0.1) is 5.82 Å². The Bertz CT molecular complexity index is 592. The molecular weight excluding hydrogens is 293 g/mol. The molecule has 0 fully saturated rings. The molecule has 2 aromatic carbocycles. The average molecular weight is 310 g/mol. The molecule has 21 heavy (non-hydrogen) atoms. The summed E-state index contributed by atoms with van der Waals surface area (Å²) >= 11 is 6.02. The van der Waals surface area contributed by atoms with Crippen LogP contribution in [0.1, 0.15) is 5.56 Å². The lowest BCUT2D eigenvalue weighted by molar-refractivity contribution is 0.199. The topological polar surface area (TPSA) is 30.5 Å². The first-order valence-corrected chi connectivity index (χ1v) is 6.98. The second-order valence-corrected chi connectivity index (χ2v) is 4.92. The average Bonchev–Trinajstić information content (AvgIpc) is 2.46. The normalized spacial score (nSPS) is 10.6. The van der Waals surface area contributed by atoms with Crippen molar-refractivity contribution in [3.8, 4) is 11.5 Å². The molecule has 112 valence electrons. The molecule has 1 N–H and O–H groups in total. The zero-order valence-electron chi connectivity index (χ0n) is 11.7. The van der Waals surface area contributed by atoms with Gasteiger partial charge in [-0.2, -0.15) is 0 Å². The SMILES string of the molecule is COCCNCc1cc(Cl)ccc1Oc1cccc(F)c1. The summed E-state index contributed by atoms with van der Waals surface area (Å²) in [5.74, 6) is 0.770. The Balaban J connectivity index is 2.10. The van der Waals surface area contributed by atoms with Gasteiger partial charge in [-0.15, -0.1) is 0 Å². The van der Waals surface area contributed by atoms with Crippen molar-refractivity contribution in [1.29, 1.82) is 0 Å². The van der Waals surface area contributed by atoms with Crippen molar-refractivity contribution in [3.05, 3.63) is 58.9 Å². The summed E-state index contributed by atoms with van der Waals surface area (Å²) in [6.07, 6.45) is 0. The first-order valence-electron chi connectivity index (χ1n) is 6.60. The molecule has 0 radical (unpaired) electrons. The van der Waals surface area contributed by atoms with Crippen molar-refractivity contribution < 1.29 is 13.9 Å². The lowest BCUT2D eigenvalue weighted by atomic mass is 10.2. The number of ether oxygens (including phenoxy) is 2. The van der Waals surface area contributed by atoms with Crippen LogP contribution in [-0.2, 0) is 11.3 Å². The maximum absolute atomic E-state index is 13.2. The molecule has 0 aromatic heterocycles. The van der Waals surface area contributed by atoms with E-state index in [1.54, 1.807) is 31.4 Å². The van der Waals surface area contributed by atoms with E-state index < -0.39 is 0 Å². The molecule has 2 aromatic rings. The van der Waals surface area contributed by atoms with Gasteiger partial charge in [0.1, 0.15) is 17.3 Å². The molecule has 0 saturated heterocycles. The molecule has 0 bridgehead atoms. The minimum absolute atomic E-state index is 0.332. The van der Waals surface area contributed by atoms with Crippen LogP contribution in [0.4, 0.5) is 4.39 Å². The Kier molecular flexibility index (Phi) is 5.99. The minimum Gasteiger partial charge on any atom is -0.457 e. The Hall–Kier alpha value is -1.62. The van der Waals surface area contributed by atoms with E-state index in [2.05, 4.69) is 5.32 Å². The van der Waals surface area contributed by atoms with Crippen LogP contribution in [0.25, 0.3) is 0 Å². The van der Waals surface area contributed by atoms with Crippen LogP contribution in [0.5, 0.6) is 11.5 Å². The van der Waals surface area contributed by atoms with E-state index in [0.29, 0.717) is 29.7 Å². The summed E-state index contributed by atoms with van der Waals surface area (Å²) in [4.78, 5) is 0. The second-order valence-electron chi connectivity index (χ2n) is 4.48. The van der Waals surface area contributed by atoms with Crippen LogP contribution in [0.2, 0.25) is 5.02 Å². The van der Waals surface area contributed by atoms with Gasteiger partial charge in [-0.05, 0) is 30.3 Å². The Morgan fingerprint density at radius 2 is 2.05 bits per heavy atom. The highest BCUT2D eigenvalue weighted by Crippen LogP contribution is 2.28. The number of halogens is 2. The molecule has 0 atom stereocenters. The molecule has 0 aliphatic rings. The molecule has 0 amide bonds. The molecule has 0 unspecified atom stereocenters. The molecule has 0 heterocycles. The number of rotatable bonds is 7. The van der Waals surface area contributed by atoms with E-state index >= 15 is 0 Å². The third kappa shape index (κ3) is 5.01. The van der Waals surface area contributed by atoms with E-state index in [1.165, 1.54) is 12.1 Å². The van der Waals surface area contributed by atoms with Crippen LogP contribution >= 0.6 is 11.6 Å². The predicted molar refractivity (Wildman–Crippen MR) is 81.5 cm³/mol. The highest BCUT2D eigenvalue weighted by molar-refractivity contribution is 6.30. The van der Waals surface area contributed by atoms with E-state index in [-0.39, 0.29) is 5.82 Å². The first-order chi connectivity index (χ1) is 10.2. The van der Waals surface area contributed by atoms with Crippen molar-refractivity contribution in [1.82, 2.24) is 5.32 Å². The van der Waals surface area contributed by atoms with Gasteiger partial charge in [-0.3, -0.25) is 0 Å². The van der Waals surface area contributed by atoms with E-state index in [0.717, 1.165) is 12.1 Å². The van der Waals surface area contributed by atoms with Crippen molar-refractivity contribution in [2.75, 3.05) is 20.3 Å². The van der Waals surface area contributed by atoms with Crippen molar-refractivity contribution in [3.63, 3.8) is 0 Å². The van der Waals surface area contributed by atoms with Gasteiger partial charge < -0.3 is 14.8 Å². The zero-order valence-corrected chi connectivity index (χ0v) is 12.5. The molecule has 0 aliphatic heterocycles. The molecule has 5 heteroatoms. The largest absolute Gasteiger partial charge is 0.457 e. The van der Waals surface area contributed by atoms with E-state index in [4.69, 9.17) is 21.1 Å². The summed E-state index contributed by atoms with van der Waals surface area (Å²) in [5.41, 5.74) is 0.905. The maximum atomic E-state index is 13.2. The highest BCUT2D eigenvalue weighted by Gasteiger charge is 2.07. The van der Waals surface area contributed by atoms with Crippen molar-refractivity contribution in [2.24, 2.45) is 0 Å². The van der Waals surface area contributed by atoms with Gasteiger partial charge >= 0.3 is 0 Å². The molecule has 0 aliphatic carbocycles. The van der Waals surface area contributed by atoms with Gasteiger partial charge in [0.15, 0.2) is 0 Å². The molecule has 0 spiro atoms. The number of methoxy groups -OCH3 is 1. The van der Waals surface area contributed by atoms with Gasteiger partial charge in [-0.1, -0.05) is 17.7 Å². The van der Waals surface area contributed by atoms with Crippen molar-refractivity contribution in [2.45, 2.75) is 6.54 Å². The summed E-state index contributed by atoms with van der Waals surface area (Å²) < 4.78 is 23.9. The molecule has 2 rings (SSSR count). The third-order valence-electron chi connectivity index (χ3n) is 2.84. The van der Waals surface area contributed by atoms with E-state index in [9.17, 15) is 4.39 Å². The minimum atomic E-state index is -0.332. The fourth-order valence-electron chi connectivity index (χ4n) is 1.84. The van der Waals surface area contributed by atoms with Crippen LogP contribution < -0.4 is 10.1 Å². The smallest absolute Gasteiger partial charge is 0.132 e. The Morgan fingerprint density at radius 3 is 2.81 bits per heavy atom. The highest BCUT2D eigenvalue weighted by atomic mass is 35.5. The monoisotopic (exact) mass is 309 g/mol. The Morgan fingerprint density at radius 1 is 1.19 bits per heavy atom. The molecular formula is C16H17ClFNO2. The van der Waals surface area contributed by atoms with Gasteiger partial charge in [0.25, 0.3) is 0 Å². The number of hydrogen-bond acceptors (Lipinski definition) is 3. The number of hydrogen-bond donors (Lipinski definition) is 1. The summed E-state index contributed by atoms with van der Waals surface area (Å²) in [6, 6.07) is 11.4. The quantitative estimate of drug-likeness (QED) is 0.784. The lowest BCUT2D eigenvalue weighted by Gasteiger charge is -2.12. The fraction of sp³-hybridized carbons (Fsp3) is 0.250. The van der Waals surface area contributed by atoms with Gasteiger partial charge in [0.05, 0.1) is 6.61 Å².